The van der Waals surface area contributed by atoms with Gasteiger partial charge in [-0.3, -0.25) is 19.0 Å². The molecule has 0 bridgehead atoms. The van der Waals surface area contributed by atoms with E-state index in [4.69, 9.17) is 9.72 Å². The molecule has 2 atom stereocenters. The van der Waals surface area contributed by atoms with Crippen molar-refractivity contribution in [2.75, 3.05) is 18.5 Å². The summed E-state index contributed by atoms with van der Waals surface area (Å²) in [6, 6.07) is 22.3. The Bertz CT molecular complexity index is 1610. The Morgan fingerprint density at radius 3 is 2.55 bits per heavy atom. The fraction of sp³-hybridized carbons (Fsp3) is 0.333. The number of carbonyl (C=O) groups is 2. The number of carbonyl (C=O) groups excluding carboxylic acids is 2. The fourth-order valence-corrected chi connectivity index (χ4v) is 6.06. The van der Waals surface area contributed by atoms with Gasteiger partial charge in [-0.05, 0) is 67.1 Å². The van der Waals surface area contributed by atoms with Crippen LogP contribution in [0.3, 0.4) is 0 Å². The average Bonchev–Trinajstić information content (AvgIpc) is 3.55. The molecular weight excluding hydrogens is 548 g/mol. The van der Waals surface area contributed by atoms with Gasteiger partial charge in [-0.2, -0.15) is 0 Å². The molecule has 42 heavy (non-hydrogen) atoms. The van der Waals surface area contributed by atoms with Crippen LogP contribution >= 0.6 is 11.8 Å². The normalized spacial score (nSPS) is 15.4. The highest BCUT2D eigenvalue weighted by atomic mass is 32.2. The lowest BCUT2D eigenvalue weighted by molar-refractivity contribution is -0.115. The van der Waals surface area contributed by atoms with Crippen LogP contribution in [0.1, 0.15) is 54.6 Å². The Labute approximate surface area is 249 Å². The van der Waals surface area contributed by atoms with Crippen LogP contribution in [0.2, 0.25) is 0 Å². The van der Waals surface area contributed by atoms with Crippen molar-refractivity contribution in [3.63, 3.8) is 0 Å². The lowest BCUT2D eigenvalue weighted by Gasteiger charge is -2.19. The molecule has 1 aliphatic heterocycles. The number of amides is 2. The first-order valence-electron chi connectivity index (χ1n) is 14.5. The Morgan fingerprint density at radius 2 is 1.81 bits per heavy atom. The SMILES string of the molecule is CCc1ccccc1NC(=O)[C@H](CC)Sc1nc2ccccc2c(=O)n1Cc1ccc(C(=O)NC[C@@H]2CCCO2)cc1. The lowest BCUT2D eigenvalue weighted by atomic mass is 10.1. The van der Waals surface area contributed by atoms with Gasteiger partial charge in [-0.1, -0.05) is 68.1 Å². The van der Waals surface area contributed by atoms with Crippen LogP contribution in [0.4, 0.5) is 5.69 Å². The molecule has 2 heterocycles. The van der Waals surface area contributed by atoms with E-state index in [2.05, 4.69) is 17.6 Å². The number of hydrogen-bond acceptors (Lipinski definition) is 6. The quantitative estimate of drug-likeness (QED) is 0.180. The topological polar surface area (TPSA) is 102 Å². The number of rotatable bonds is 11. The molecule has 1 saturated heterocycles. The third-order valence-electron chi connectivity index (χ3n) is 7.46. The van der Waals surface area contributed by atoms with Crippen LogP contribution in [-0.4, -0.2) is 45.9 Å². The molecule has 0 saturated carbocycles. The third-order valence-corrected chi connectivity index (χ3v) is 8.82. The number of nitrogens with one attached hydrogen (secondary N) is 2. The maximum atomic E-state index is 13.7. The first-order valence-corrected chi connectivity index (χ1v) is 15.4. The van der Waals surface area contributed by atoms with E-state index in [-0.39, 0.29) is 30.0 Å². The molecule has 0 spiro atoms. The van der Waals surface area contributed by atoms with Crippen LogP contribution < -0.4 is 16.2 Å². The standard InChI is InChI=1S/C33H36N4O4S/c1-3-23-10-5-7-13-27(23)35-31(39)29(4-2)42-33-36-28-14-8-6-12-26(28)32(40)37(33)21-22-15-17-24(18-16-22)30(38)34-20-25-11-9-19-41-25/h5-8,10,12-18,25,29H,3-4,9,11,19-21H2,1-2H3,(H,34,38)(H,35,39)/t25-,29-/m0/s1. The van der Waals surface area contributed by atoms with Crippen LogP contribution in [0.5, 0.6) is 0 Å². The summed E-state index contributed by atoms with van der Waals surface area (Å²) in [5.41, 5.74) is 3.67. The first kappa shape index (κ1) is 29.5. The molecule has 5 rings (SSSR count). The summed E-state index contributed by atoms with van der Waals surface area (Å²) >= 11 is 1.29. The number of benzene rings is 3. The molecule has 0 unspecified atom stereocenters. The van der Waals surface area contributed by atoms with Gasteiger partial charge in [0.1, 0.15) is 0 Å². The number of thioether (sulfide) groups is 1. The van der Waals surface area contributed by atoms with Crippen molar-refractivity contribution in [3.05, 3.63) is 99.8 Å². The van der Waals surface area contributed by atoms with Crippen molar-refractivity contribution in [3.8, 4) is 0 Å². The minimum absolute atomic E-state index is 0.0758. The maximum absolute atomic E-state index is 13.7. The number of aromatic nitrogens is 2. The molecule has 2 N–H and O–H groups in total. The van der Waals surface area contributed by atoms with E-state index in [0.717, 1.165) is 42.7 Å². The van der Waals surface area contributed by atoms with Gasteiger partial charge in [-0.15, -0.1) is 0 Å². The van der Waals surface area contributed by atoms with Gasteiger partial charge in [0, 0.05) is 24.4 Å². The summed E-state index contributed by atoms with van der Waals surface area (Å²) in [4.78, 5) is 44.5. The maximum Gasteiger partial charge on any atom is 0.262 e. The van der Waals surface area contributed by atoms with E-state index in [1.807, 2.05) is 61.5 Å². The van der Waals surface area contributed by atoms with Crippen LogP contribution in [-0.2, 0) is 22.5 Å². The van der Waals surface area contributed by atoms with Crippen LogP contribution in [0.25, 0.3) is 10.9 Å². The summed E-state index contributed by atoms with van der Waals surface area (Å²) in [5, 5.41) is 6.55. The number of hydrogen-bond donors (Lipinski definition) is 2. The Balaban J connectivity index is 1.37. The number of anilines is 1. The Morgan fingerprint density at radius 1 is 1.05 bits per heavy atom. The lowest BCUT2D eigenvalue weighted by Crippen LogP contribution is -2.31. The molecule has 9 heteroatoms. The highest BCUT2D eigenvalue weighted by Crippen LogP contribution is 2.27. The molecule has 1 fully saturated rings. The van der Waals surface area contributed by atoms with E-state index >= 15 is 0 Å². The number of para-hydroxylation sites is 2. The summed E-state index contributed by atoms with van der Waals surface area (Å²) < 4.78 is 7.21. The minimum Gasteiger partial charge on any atom is -0.376 e. The molecule has 2 amide bonds. The zero-order chi connectivity index (χ0) is 29.5. The number of ether oxygens (including phenoxy) is 1. The number of fused-ring (bicyclic) bond motifs is 1. The highest BCUT2D eigenvalue weighted by molar-refractivity contribution is 8.00. The predicted octanol–water partition coefficient (Wildman–Crippen LogP) is 5.43. The molecule has 0 aliphatic carbocycles. The number of aryl methyl sites for hydroxylation is 1. The van der Waals surface area contributed by atoms with Gasteiger partial charge in [-0.25, -0.2) is 4.98 Å². The van der Waals surface area contributed by atoms with Crippen LogP contribution in [0.15, 0.2) is 82.7 Å². The Kier molecular flexibility index (Phi) is 9.71. The molecule has 3 aromatic carbocycles. The van der Waals surface area contributed by atoms with E-state index in [0.29, 0.717) is 34.6 Å². The Hall–Kier alpha value is -3.95. The second-order valence-corrected chi connectivity index (χ2v) is 11.5. The van der Waals surface area contributed by atoms with Gasteiger partial charge in [0.2, 0.25) is 5.91 Å². The monoisotopic (exact) mass is 584 g/mol. The summed E-state index contributed by atoms with van der Waals surface area (Å²) in [6.45, 7) is 5.51. The van der Waals surface area contributed by atoms with E-state index in [1.165, 1.54) is 11.8 Å². The van der Waals surface area contributed by atoms with Crippen molar-refractivity contribution in [1.29, 1.82) is 0 Å². The van der Waals surface area contributed by atoms with Crippen LogP contribution in [0, 0.1) is 0 Å². The summed E-state index contributed by atoms with van der Waals surface area (Å²) in [6.07, 6.45) is 3.42. The molecule has 0 radical (unpaired) electrons. The molecule has 4 aromatic rings. The van der Waals surface area contributed by atoms with Gasteiger partial charge >= 0.3 is 0 Å². The molecule has 1 aliphatic rings. The van der Waals surface area contributed by atoms with Gasteiger partial charge < -0.3 is 15.4 Å². The smallest absolute Gasteiger partial charge is 0.262 e. The average molecular weight is 585 g/mol. The highest BCUT2D eigenvalue weighted by Gasteiger charge is 2.23. The summed E-state index contributed by atoms with van der Waals surface area (Å²) in [5.74, 6) is -0.282. The molecule has 218 valence electrons. The van der Waals surface area contributed by atoms with Gasteiger partial charge in [0.25, 0.3) is 11.5 Å². The predicted molar refractivity (Wildman–Crippen MR) is 167 cm³/mol. The minimum atomic E-state index is -0.454. The first-order chi connectivity index (χ1) is 20.5. The van der Waals surface area contributed by atoms with Gasteiger partial charge in [0.15, 0.2) is 5.16 Å². The van der Waals surface area contributed by atoms with Crippen molar-refractivity contribution >= 4 is 40.2 Å². The van der Waals surface area contributed by atoms with Crippen molar-refractivity contribution in [2.24, 2.45) is 0 Å². The molecule has 8 nitrogen and oxygen atoms in total. The second kappa shape index (κ2) is 13.8. The third kappa shape index (κ3) is 6.91. The van der Waals surface area contributed by atoms with E-state index < -0.39 is 5.25 Å². The van der Waals surface area contributed by atoms with Gasteiger partial charge in [0.05, 0.1) is 28.8 Å². The van der Waals surface area contributed by atoms with Crippen molar-refractivity contribution in [2.45, 2.75) is 62.6 Å². The second-order valence-electron chi connectivity index (χ2n) is 10.4. The largest absolute Gasteiger partial charge is 0.376 e. The summed E-state index contributed by atoms with van der Waals surface area (Å²) in [7, 11) is 0. The zero-order valence-corrected chi connectivity index (χ0v) is 24.8. The molecular formula is C33H36N4O4S. The van der Waals surface area contributed by atoms with Crippen molar-refractivity contribution in [1.82, 2.24) is 14.9 Å². The van der Waals surface area contributed by atoms with E-state index in [9.17, 15) is 14.4 Å². The molecule has 1 aromatic heterocycles. The fourth-order valence-electron chi connectivity index (χ4n) is 5.05. The van der Waals surface area contributed by atoms with Crippen molar-refractivity contribution < 1.29 is 14.3 Å². The zero-order valence-electron chi connectivity index (χ0n) is 24.0. The number of nitrogens with zero attached hydrogens (tertiary/aromatic N) is 2. The van der Waals surface area contributed by atoms with E-state index in [1.54, 1.807) is 22.8 Å².